The van der Waals surface area contributed by atoms with Gasteiger partial charge in [-0.25, -0.2) is 9.59 Å². The predicted octanol–water partition coefficient (Wildman–Crippen LogP) is 1.93. The molecular weight excluding hydrogens is 222 g/mol. The summed E-state index contributed by atoms with van der Waals surface area (Å²) in [6, 6.07) is 0. The summed E-state index contributed by atoms with van der Waals surface area (Å²) >= 11 is 0. The number of hydrogen-bond donors (Lipinski definition) is 2. The van der Waals surface area contributed by atoms with Gasteiger partial charge in [-0.15, -0.1) is 0 Å². The zero-order chi connectivity index (χ0) is 12.9. The van der Waals surface area contributed by atoms with Crippen LogP contribution < -0.4 is 5.32 Å². The van der Waals surface area contributed by atoms with Crippen LogP contribution >= 0.6 is 0 Å². The molecule has 5 heteroatoms. The number of hydrogen-bond acceptors (Lipinski definition) is 3. The van der Waals surface area contributed by atoms with Gasteiger partial charge in [-0.05, 0) is 18.8 Å². The molecule has 0 saturated heterocycles. The first kappa shape index (κ1) is 13.5. The van der Waals surface area contributed by atoms with E-state index in [9.17, 15) is 14.7 Å². The van der Waals surface area contributed by atoms with Crippen LogP contribution in [0, 0.1) is 5.92 Å². The van der Waals surface area contributed by atoms with Crippen LogP contribution in [0.15, 0.2) is 12.7 Å². The highest BCUT2D eigenvalue weighted by atomic mass is 16.5. The number of nitrogens with one attached hydrogen (secondary N) is 1. The van der Waals surface area contributed by atoms with Gasteiger partial charge < -0.3 is 15.2 Å². The van der Waals surface area contributed by atoms with Crippen molar-refractivity contribution in [3.8, 4) is 0 Å². The molecule has 0 aliphatic heterocycles. The first-order chi connectivity index (χ1) is 8.00. The van der Waals surface area contributed by atoms with Gasteiger partial charge in [0.15, 0.2) is 0 Å². The lowest BCUT2D eigenvalue weighted by molar-refractivity contribution is -0.146. The molecule has 5 nitrogen and oxygen atoms in total. The summed E-state index contributed by atoms with van der Waals surface area (Å²) in [6.45, 7) is 5.50. The maximum Gasteiger partial charge on any atom is 0.408 e. The molecule has 0 radical (unpaired) electrons. The highest BCUT2D eigenvalue weighted by Gasteiger charge is 2.43. The Balaban J connectivity index is 2.68. The molecule has 1 fully saturated rings. The summed E-state index contributed by atoms with van der Waals surface area (Å²) in [5, 5.41) is 11.8. The normalized spacial score (nSPS) is 28.2. The Kier molecular flexibility index (Phi) is 4.54. The van der Waals surface area contributed by atoms with Crippen molar-refractivity contribution in [1.82, 2.24) is 5.32 Å². The third kappa shape index (κ3) is 3.47. The van der Waals surface area contributed by atoms with Crippen molar-refractivity contribution in [2.24, 2.45) is 5.92 Å². The maximum atomic E-state index is 11.4. The Bertz CT molecular complexity index is 316. The van der Waals surface area contributed by atoms with Crippen molar-refractivity contribution in [2.75, 3.05) is 6.61 Å². The Morgan fingerprint density at radius 2 is 2.35 bits per heavy atom. The number of alkyl carbamates (subject to hydrolysis) is 1. The van der Waals surface area contributed by atoms with Crippen molar-refractivity contribution < 1.29 is 19.4 Å². The van der Waals surface area contributed by atoms with E-state index >= 15 is 0 Å². The Morgan fingerprint density at radius 1 is 1.65 bits per heavy atom. The van der Waals surface area contributed by atoms with Crippen LogP contribution in [0.1, 0.15) is 32.6 Å². The molecule has 0 aromatic heterocycles. The smallest absolute Gasteiger partial charge is 0.408 e. The van der Waals surface area contributed by atoms with Crippen molar-refractivity contribution in [2.45, 2.75) is 38.1 Å². The molecule has 2 atom stereocenters. The van der Waals surface area contributed by atoms with E-state index in [2.05, 4.69) is 11.9 Å². The first-order valence-corrected chi connectivity index (χ1v) is 5.79. The number of amides is 1. The van der Waals surface area contributed by atoms with Gasteiger partial charge in [0.1, 0.15) is 12.1 Å². The molecule has 0 spiro atoms. The standard InChI is InChI=1S/C12H19NO4/c1-3-7-17-11(16)13-12(10(14)15)6-4-5-9(2)8-12/h3,9H,1,4-8H2,2H3,(H,13,16)(H,14,15)/t9-,12+/m1/s1. The molecule has 1 saturated carbocycles. The van der Waals surface area contributed by atoms with E-state index in [1.165, 1.54) is 6.08 Å². The van der Waals surface area contributed by atoms with Crippen LogP contribution in [0.3, 0.4) is 0 Å². The SMILES string of the molecule is C=CCOC(=O)N[C@@]1(C(=O)O)CCC[C@@H](C)C1. The van der Waals surface area contributed by atoms with Crippen molar-refractivity contribution in [3.05, 3.63) is 12.7 Å². The van der Waals surface area contributed by atoms with E-state index in [0.29, 0.717) is 18.8 Å². The average Bonchev–Trinajstić information content (AvgIpc) is 2.26. The molecular formula is C12H19NO4. The van der Waals surface area contributed by atoms with E-state index in [0.717, 1.165) is 12.8 Å². The third-order valence-electron chi connectivity index (χ3n) is 3.08. The van der Waals surface area contributed by atoms with E-state index in [1.54, 1.807) is 0 Å². The molecule has 1 aliphatic carbocycles. The molecule has 0 unspecified atom stereocenters. The van der Waals surface area contributed by atoms with Gasteiger partial charge in [-0.1, -0.05) is 32.4 Å². The molecule has 0 aromatic rings. The zero-order valence-electron chi connectivity index (χ0n) is 10.1. The summed E-state index contributed by atoms with van der Waals surface area (Å²) in [7, 11) is 0. The second-order valence-corrected chi connectivity index (χ2v) is 4.60. The Morgan fingerprint density at radius 3 is 2.88 bits per heavy atom. The van der Waals surface area contributed by atoms with E-state index in [-0.39, 0.29) is 6.61 Å². The number of ether oxygens (including phenoxy) is 1. The first-order valence-electron chi connectivity index (χ1n) is 5.79. The number of carboxylic acid groups (broad SMARTS) is 1. The Hall–Kier alpha value is -1.52. The topological polar surface area (TPSA) is 75.6 Å². The lowest BCUT2D eigenvalue weighted by atomic mass is 9.76. The molecule has 96 valence electrons. The fourth-order valence-electron chi connectivity index (χ4n) is 2.28. The van der Waals surface area contributed by atoms with Gasteiger partial charge in [-0.2, -0.15) is 0 Å². The molecule has 1 amide bonds. The van der Waals surface area contributed by atoms with Gasteiger partial charge in [0.2, 0.25) is 0 Å². The lowest BCUT2D eigenvalue weighted by Crippen LogP contribution is -2.56. The van der Waals surface area contributed by atoms with Crippen LogP contribution in [-0.4, -0.2) is 29.3 Å². The lowest BCUT2D eigenvalue weighted by Gasteiger charge is -2.36. The largest absolute Gasteiger partial charge is 0.480 e. The number of rotatable bonds is 4. The summed E-state index contributed by atoms with van der Waals surface area (Å²) < 4.78 is 4.77. The summed E-state index contributed by atoms with van der Waals surface area (Å²) in [5.74, 6) is -0.695. The van der Waals surface area contributed by atoms with Crippen LogP contribution in [0.25, 0.3) is 0 Å². The number of aliphatic carboxylic acids is 1. The Labute approximate surface area is 101 Å². The minimum Gasteiger partial charge on any atom is -0.480 e. The van der Waals surface area contributed by atoms with Crippen LogP contribution in [-0.2, 0) is 9.53 Å². The van der Waals surface area contributed by atoms with Gasteiger partial charge >= 0.3 is 12.1 Å². The van der Waals surface area contributed by atoms with Gasteiger partial charge in [0.25, 0.3) is 0 Å². The summed E-state index contributed by atoms with van der Waals surface area (Å²) in [6.07, 6.45) is 3.45. The predicted molar refractivity (Wildman–Crippen MR) is 62.7 cm³/mol. The zero-order valence-corrected chi connectivity index (χ0v) is 10.1. The fraction of sp³-hybridized carbons (Fsp3) is 0.667. The number of carbonyl (C=O) groups excluding carboxylic acids is 1. The quantitative estimate of drug-likeness (QED) is 0.737. The summed E-state index contributed by atoms with van der Waals surface area (Å²) in [4.78, 5) is 22.8. The number of carbonyl (C=O) groups is 2. The van der Waals surface area contributed by atoms with Gasteiger partial charge in [-0.3, -0.25) is 0 Å². The minimum atomic E-state index is -1.17. The van der Waals surface area contributed by atoms with E-state index < -0.39 is 17.6 Å². The van der Waals surface area contributed by atoms with Crippen LogP contribution in [0.2, 0.25) is 0 Å². The molecule has 0 heterocycles. The molecule has 2 N–H and O–H groups in total. The highest BCUT2D eigenvalue weighted by Crippen LogP contribution is 2.32. The molecule has 1 aliphatic rings. The van der Waals surface area contributed by atoms with Gasteiger partial charge in [0, 0.05) is 0 Å². The number of carboxylic acids is 1. The van der Waals surface area contributed by atoms with E-state index in [4.69, 9.17) is 4.74 Å². The van der Waals surface area contributed by atoms with Gasteiger partial charge in [0.05, 0.1) is 0 Å². The third-order valence-corrected chi connectivity index (χ3v) is 3.08. The second kappa shape index (κ2) is 5.70. The molecule has 17 heavy (non-hydrogen) atoms. The van der Waals surface area contributed by atoms with Crippen molar-refractivity contribution >= 4 is 12.1 Å². The molecule has 0 bridgehead atoms. The minimum absolute atomic E-state index is 0.0804. The molecule has 0 aromatic carbocycles. The highest BCUT2D eigenvalue weighted by molar-refractivity contribution is 5.84. The van der Waals surface area contributed by atoms with Crippen molar-refractivity contribution in [1.29, 1.82) is 0 Å². The monoisotopic (exact) mass is 241 g/mol. The van der Waals surface area contributed by atoms with Crippen LogP contribution in [0.4, 0.5) is 4.79 Å². The fourth-order valence-corrected chi connectivity index (χ4v) is 2.28. The summed E-state index contributed by atoms with van der Waals surface area (Å²) in [5.41, 5.74) is -1.17. The maximum absolute atomic E-state index is 11.4. The second-order valence-electron chi connectivity index (χ2n) is 4.60. The van der Waals surface area contributed by atoms with E-state index in [1.807, 2.05) is 6.92 Å². The average molecular weight is 241 g/mol. The molecule has 1 rings (SSSR count). The van der Waals surface area contributed by atoms with Crippen molar-refractivity contribution in [3.63, 3.8) is 0 Å². The van der Waals surface area contributed by atoms with Crippen LogP contribution in [0.5, 0.6) is 0 Å².